The molecule has 6 heteroatoms. The van der Waals surface area contributed by atoms with Crippen molar-refractivity contribution in [2.45, 2.75) is 44.6 Å². The minimum Gasteiger partial charge on any atom is -0.464 e. The number of benzene rings is 2. The van der Waals surface area contributed by atoms with Crippen LogP contribution in [0.1, 0.15) is 55.7 Å². The van der Waals surface area contributed by atoms with Crippen molar-refractivity contribution in [2.75, 3.05) is 39.3 Å². The van der Waals surface area contributed by atoms with Gasteiger partial charge in [-0.1, -0.05) is 24.3 Å². The molecule has 5 fully saturated rings. The molecule has 0 atom stereocenters. The molecule has 0 amide bonds. The molecule has 0 N–H and O–H groups in total. The summed E-state index contributed by atoms with van der Waals surface area (Å²) < 4.78 is 33.1. The Labute approximate surface area is 212 Å². The smallest absolute Gasteiger partial charge is 0.312 e. The monoisotopic (exact) mass is 494 g/mol. The molecule has 1 saturated heterocycles. The number of carbonyl (C=O) groups is 1. The van der Waals surface area contributed by atoms with E-state index >= 15 is 0 Å². The van der Waals surface area contributed by atoms with Gasteiger partial charge in [0.15, 0.2) is 0 Å². The summed E-state index contributed by atoms with van der Waals surface area (Å²) >= 11 is 0. The van der Waals surface area contributed by atoms with Crippen LogP contribution in [0.15, 0.2) is 48.5 Å². The Balaban J connectivity index is 1.04. The third kappa shape index (κ3) is 4.82. The highest BCUT2D eigenvalue weighted by Gasteiger charge is 2.55. The standard InChI is InChI=1S/C30H36F2N2O2/c31-26-5-1-24(2-6-26)28(25-3-7-27(32)8-4-25)34-11-9-33(10-12-34)13-14-36-29(35)30-18-21-15-22(19-30)17-23(16-21)20-30/h1-8,21-23,28H,9-20H2. The van der Waals surface area contributed by atoms with Gasteiger partial charge in [0.1, 0.15) is 18.2 Å². The van der Waals surface area contributed by atoms with Gasteiger partial charge < -0.3 is 4.74 Å². The van der Waals surface area contributed by atoms with Crippen molar-refractivity contribution in [2.24, 2.45) is 23.2 Å². The van der Waals surface area contributed by atoms with E-state index in [0.717, 1.165) is 80.9 Å². The molecule has 0 aromatic heterocycles. The summed E-state index contributed by atoms with van der Waals surface area (Å²) in [4.78, 5) is 17.9. The highest BCUT2D eigenvalue weighted by Crippen LogP contribution is 2.60. The number of rotatable bonds is 7. The number of esters is 1. The molecule has 1 aliphatic heterocycles. The topological polar surface area (TPSA) is 32.8 Å². The number of nitrogens with zero attached hydrogens (tertiary/aromatic N) is 2. The molecular formula is C30H36F2N2O2. The van der Waals surface area contributed by atoms with E-state index in [1.54, 1.807) is 0 Å². The Morgan fingerprint density at radius 1 is 0.806 bits per heavy atom. The number of piperazine rings is 1. The van der Waals surface area contributed by atoms with Crippen molar-refractivity contribution in [1.82, 2.24) is 9.80 Å². The Hall–Kier alpha value is -2.31. The van der Waals surface area contributed by atoms with Crippen LogP contribution in [0.2, 0.25) is 0 Å². The van der Waals surface area contributed by atoms with E-state index in [4.69, 9.17) is 4.74 Å². The highest BCUT2D eigenvalue weighted by molar-refractivity contribution is 5.77. The summed E-state index contributed by atoms with van der Waals surface area (Å²) in [6.45, 7) is 4.62. The summed E-state index contributed by atoms with van der Waals surface area (Å²) in [6, 6.07) is 13.2. The van der Waals surface area contributed by atoms with Crippen LogP contribution in [-0.4, -0.2) is 55.1 Å². The first-order chi connectivity index (χ1) is 17.5. The zero-order chi connectivity index (χ0) is 24.7. The van der Waals surface area contributed by atoms with Gasteiger partial charge in [-0.05, 0) is 91.7 Å². The lowest BCUT2D eigenvalue weighted by Gasteiger charge is -2.55. The van der Waals surface area contributed by atoms with Crippen LogP contribution < -0.4 is 0 Å². The van der Waals surface area contributed by atoms with E-state index in [1.807, 2.05) is 24.3 Å². The summed E-state index contributed by atoms with van der Waals surface area (Å²) in [6.07, 6.45) is 7.12. The fourth-order valence-electron chi connectivity index (χ4n) is 7.93. The molecule has 192 valence electrons. The van der Waals surface area contributed by atoms with Crippen LogP contribution in [0.3, 0.4) is 0 Å². The summed E-state index contributed by atoms with van der Waals surface area (Å²) in [5, 5.41) is 0. The lowest BCUT2D eigenvalue weighted by atomic mass is 9.49. The second-order valence-electron chi connectivity index (χ2n) is 11.7. The molecule has 36 heavy (non-hydrogen) atoms. The second-order valence-corrected chi connectivity index (χ2v) is 11.7. The fourth-order valence-corrected chi connectivity index (χ4v) is 7.93. The third-order valence-electron chi connectivity index (χ3n) is 9.26. The van der Waals surface area contributed by atoms with Crippen molar-refractivity contribution in [3.05, 3.63) is 71.3 Å². The molecule has 2 aromatic carbocycles. The van der Waals surface area contributed by atoms with Crippen molar-refractivity contribution in [3.63, 3.8) is 0 Å². The Morgan fingerprint density at radius 2 is 1.28 bits per heavy atom. The van der Waals surface area contributed by atoms with Crippen LogP contribution in [-0.2, 0) is 9.53 Å². The molecule has 4 saturated carbocycles. The number of ether oxygens (including phenoxy) is 1. The van der Waals surface area contributed by atoms with Crippen molar-refractivity contribution >= 4 is 5.97 Å². The van der Waals surface area contributed by atoms with Gasteiger partial charge in [-0.15, -0.1) is 0 Å². The Morgan fingerprint density at radius 3 is 1.75 bits per heavy atom. The van der Waals surface area contributed by atoms with Gasteiger partial charge >= 0.3 is 5.97 Å². The Kier molecular flexibility index (Phi) is 6.59. The molecule has 0 radical (unpaired) electrons. The maximum Gasteiger partial charge on any atom is 0.312 e. The molecule has 7 rings (SSSR count). The number of hydrogen-bond donors (Lipinski definition) is 0. The Bertz CT molecular complexity index is 983. The number of halogens is 2. The molecule has 0 spiro atoms. The lowest BCUT2D eigenvalue weighted by molar-refractivity contribution is -0.172. The number of carbonyl (C=O) groups excluding carboxylic acids is 1. The largest absolute Gasteiger partial charge is 0.464 e. The third-order valence-corrected chi connectivity index (χ3v) is 9.26. The average molecular weight is 495 g/mol. The summed E-state index contributed by atoms with van der Waals surface area (Å²) in [7, 11) is 0. The summed E-state index contributed by atoms with van der Waals surface area (Å²) in [5.41, 5.74) is 1.81. The molecule has 0 unspecified atom stereocenters. The van der Waals surface area contributed by atoms with Crippen LogP contribution in [0.4, 0.5) is 8.78 Å². The van der Waals surface area contributed by atoms with E-state index in [9.17, 15) is 13.6 Å². The first-order valence-electron chi connectivity index (χ1n) is 13.6. The molecule has 1 heterocycles. The van der Waals surface area contributed by atoms with Gasteiger partial charge in [-0.2, -0.15) is 0 Å². The van der Waals surface area contributed by atoms with Gasteiger partial charge in [-0.25, -0.2) is 8.78 Å². The molecule has 4 aliphatic carbocycles. The predicted octanol–water partition coefficient (Wildman–Crippen LogP) is 5.43. The van der Waals surface area contributed by atoms with Gasteiger partial charge in [0.25, 0.3) is 0 Å². The zero-order valence-electron chi connectivity index (χ0n) is 20.9. The van der Waals surface area contributed by atoms with E-state index in [1.165, 1.54) is 43.5 Å². The molecule has 4 bridgehead atoms. The minimum atomic E-state index is -0.260. The highest BCUT2D eigenvalue weighted by atomic mass is 19.1. The van der Waals surface area contributed by atoms with Crippen molar-refractivity contribution < 1.29 is 18.3 Å². The van der Waals surface area contributed by atoms with Gasteiger partial charge in [-0.3, -0.25) is 14.6 Å². The van der Waals surface area contributed by atoms with Crippen molar-refractivity contribution in [3.8, 4) is 0 Å². The minimum absolute atomic E-state index is 0.0535. The fraction of sp³-hybridized carbons (Fsp3) is 0.567. The van der Waals surface area contributed by atoms with Gasteiger partial charge in [0.05, 0.1) is 11.5 Å². The second kappa shape index (κ2) is 9.86. The molecule has 5 aliphatic rings. The van der Waals surface area contributed by atoms with E-state index < -0.39 is 0 Å². The number of hydrogen-bond acceptors (Lipinski definition) is 4. The van der Waals surface area contributed by atoms with E-state index in [-0.39, 0.29) is 29.1 Å². The predicted molar refractivity (Wildman–Crippen MR) is 134 cm³/mol. The lowest BCUT2D eigenvalue weighted by Crippen LogP contribution is -2.51. The van der Waals surface area contributed by atoms with Gasteiger partial charge in [0, 0.05) is 32.7 Å². The molecular weight excluding hydrogens is 458 g/mol. The average Bonchev–Trinajstić information content (AvgIpc) is 2.86. The molecule has 2 aromatic rings. The van der Waals surface area contributed by atoms with Crippen LogP contribution in [0, 0.1) is 34.8 Å². The molecule has 4 nitrogen and oxygen atoms in total. The first kappa shape index (κ1) is 24.1. The maximum atomic E-state index is 13.6. The summed E-state index contributed by atoms with van der Waals surface area (Å²) in [5.74, 6) is 1.77. The quantitative estimate of drug-likeness (QED) is 0.481. The first-order valence-corrected chi connectivity index (χ1v) is 13.6. The van der Waals surface area contributed by atoms with Crippen LogP contribution >= 0.6 is 0 Å². The van der Waals surface area contributed by atoms with E-state index in [2.05, 4.69) is 9.80 Å². The van der Waals surface area contributed by atoms with Crippen molar-refractivity contribution in [1.29, 1.82) is 0 Å². The normalized spacial score (nSPS) is 30.1. The maximum absolute atomic E-state index is 13.6. The zero-order valence-corrected chi connectivity index (χ0v) is 20.9. The van der Waals surface area contributed by atoms with Crippen LogP contribution in [0.5, 0.6) is 0 Å². The van der Waals surface area contributed by atoms with E-state index in [0.29, 0.717) is 6.61 Å². The van der Waals surface area contributed by atoms with Crippen LogP contribution in [0.25, 0.3) is 0 Å². The SMILES string of the molecule is O=C(OCCN1CCN(C(c2ccc(F)cc2)c2ccc(F)cc2)CC1)C12CC3CC(CC(C3)C1)C2. The van der Waals surface area contributed by atoms with Gasteiger partial charge in [0.2, 0.25) is 0 Å².